The first-order chi connectivity index (χ1) is 13.8. The summed E-state index contributed by atoms with van der Waals surface area (Å²) in [6, 6.07) is 16.9. The monoisotopic (exact) mass is 476 g/mol. The molecule has 150 valence electrons. The van der Waals surface area contributed by atoms with Crippen molar-refractivity contribution >= 4 is 37.5 Å². The summed E-state index contributed by atoms with van der Waals surface area (Å²) in [6.45, 7) is 1.94. The van der Waals surface area contributed by atoms with Crippen LogP contribution in [0.4, 0.5) is 10.1 Å². The average Bonchev–Trinajstić information content (AvgIpc) is 2.70. The molecular weight excluding hydrogens is 459 g/mol. The van der Waals surface area contributed by atoms with Gasteiger partial charge in [0.2, 0.25) is 0 Å². The third kappa shape index (κ3) is 5.21. The maximum atomic E-state index is 13.3. The van der Waals surface area contributed by atoms with Gasteiger partial charge < -0.3 is 5.32 Å². The third-order valence-electron chi connectivity index (χ3n) is 4.26. The Balaban J connectivity index is 1.69. The van der Waals surface area contributed by atoms with E-state index in [0.717, 1.165) is 5.56 Å². The van der Waals surface area contributed by atoms with Crippen LogP contribution in [0.25, 0.3) is 0 Å². The molecule has 0 radical (unpaired) electrons. The lowest BCUT2D eigenvalue weighted by molar-refractivity contribution is 0.0950. The second-order valence-corrected chi connectivity index (χ2v) is 8.90. The fourth-order valence-electron chi connectivity index (χ4n) is 2.63. The van der Waals surface area contributed by atoms with Gasteiger partial charge in [-0.25, -0.2) is 12.8 Å². The normalized spacial score (nSPS) is 11.1. The van der Waals surface area contributed by atoms with E-state index in [2.05, 4.69) is 26.0 Å². The Morgan fingerprint density at radius 2 is 1.72 bits per heavy atom. The van der Waals surface area contributed by atoms with Crippen molar-refractivity contribution in [2.45, 2.75) is 18.4 Å². The maximum Gasteiger partial charge on any atom is 0.261 e. The Labute approximate surface area is 177 Å². The summed E-state index contributed by atoms with van der Waals surface area (Å²) in [4.78, 5) is 12.4. The van der Waals surface area contributed by atoms with Gasteiger partial charge >= 0.3 is 0 Å². The van der Waals surface area contributed by atoms with Crippen LogP contribution < -0.4 is 10.0 Å². The summed E-state index contributed by atoms with van der Waals surface area (Å²) in [5.41, 5.74) is 2.19. The lowest BCUT2D eigenvalue weighted by Gasteiger charge is -2.11. The van der Waals surface area contributed by atoms with E-state index in [9.17, 15) is 17.6 Å². The highest BCUT2D eigenvalue weighted by atomic mass is 79.9. The van der Waals surface area contributed by atoms with Crippen LogP contribution in [0.15, 0.2) is 76.1 Å². The number of rotatable bonds is 6. The van der Waals surface area contributed by atoms with E-state index >= 15 is 0 Å². The molecule has 0 fully saturated rings. The molecule has 0 aliphatic rings. The smallest absolute Gasteiger partial charge is 0.261 e. The number of hydrogen-bond acceptors (Lipinski definition) is 3. The zero-order valence-electron chi connectivity index (χ0n) is 15.4. The minimum atomic E-state index is -3.77. The summed E-state index contributed by atoms with van der Waals surface area (Å²) >= 11 is 3.31. The van der Waals surface area contributed by atoms with E-state index in [1.165, 1.54) is 36.4 Å². The molecular formula is C21H18BrFN2O3S. The zero-order valence-corrected chi connectivity index (χ0v) is 17.8. The number of halogens is 2. The van der Waals surface area contributed by atoms with Crippen LogP contribution in [-0.2, 0) is 16.6 Å². The Hall–Kier alpha value is -2.71. The van der Waals surface area contributed by atoms with Gasteiger partial charge in [0.25, 0.3) is 15.9 Å². The van der Waals surface area contributed by atoms with E-state index in [-0.39, 0.29) is 11.4 Å². The van der Waals surface area contributed by atoms with Crippen molar-refractivity contribution in [3.63, 3.8) is 0 Å². The molecule has 8 heteroatoms. The van der Waals surface area contributed by atoms with E-state index in [1.54, 1.807) is 18.2 Å². The standard InChI is InChI=1S/C21H18BrFN2O3S/c1-14-4-2-3-5-20(14)25-29(27,28)18-9-6-15(7-10-18)21(26)24-13-16-12-17(23)8-11-19(16)22/h2-12,25H,13H2,1H3,(H,24,26). The lowest BCUT2D eigenvalue weighted by atomic mass is 10.2. The van der Waals surface area contributed by atoms with E-state index in [0.29, 0.717) is 21.3 Å². The minimum Gasteiger partial charge on any atom is -0.348 e. The average molecular weight is 477 g/mol. The van der Waals surface area contributed by atoms with Crippen LogP contribution in [0, 0.1) is 12.7 Å². The molecule has 29 heavy (non-hydrogen) atoms. The summed E-state index contributed by atoms with van der Waals surface area (Å²) < 4.78 is 41.7. The zero-order chi connectivity index (χ0) is 21.0. The first-order valence-electron chi connectivity index (χ1n) is 8.67. The van der Waals surface area contributed by atoms with Gasteiger partial charge in [-0.3, -0.25) is 9.52 Å². The molecule has 0 spiro atoms. The summed E-state index contributed by atoms with van der Waals surface area (Å²) in [6.07, 6.45) is 0. The van der Waals surface area contributed by atoms with Crippen LogP contribution in [-0.4, -0.2) is 14.3 Å². The number of para-hydroxylation sites is 1. The second-order valence-electron chi connectivity index (χ2n) is 6.36. The van der Waals surface area contributed by atoms with Crippen molar-refractivity contribution in [1.82, 2.24) is 5.32 Å². The summed E-state index contributed by atoms with van der Waals surface area (Å²) in [5.74, 6) is -0.787. The number of anilines is 1. The number of carbonyl (C=O) groups is 1. The number of carbonyl (C=O) groups excluding carboxylic acids is 1. The predicted octanol–water partition coefficient (Wildman–Crippen LogP) is 4.63. The Bertz CT molecular complexity index is 1150. The number of aryl methyl sites for hydroxylation is 1. The molecule has 0 saturated carbocycles. The largest absolute Gasteiger partial charge is 0.348 e. The number of amides is 1. The van der Waals surface area contributed by atoms with Crippen molar-refractivity contribution in [3.8, 4) is 0 Å². The number of sulfonamides is 1. The van der Waals surface area contributed by atoms with Gasteiger partial charge in [-0.1, -0.05) is 34.1 Å². The van der Waals surface area contributed by atoms with Gasteiger partial charge in [0.15, 0.2) is 0 Å². The molecule has 3 aromatic rings. The van der Waals surface area contributed by atoms with Crippen LogP contribution in [0.2, 0.25) is 0 Å². The molecule has 0 unspecified atom stereocenters. The van der Waals surface area contributed by atoms with Crippen molar-refractivity contribution < 1.29 is 17.6 Å². The Kier molecular flexibility index (Phi) is 6.34. The Morgan fingerprint density at radius 3 is 2.41 bits per heavy atom. The molecule has 0 bridgehead atoms. The van der Waals surface area contributed by atoms with Gasteiger partial charge in [-0.15, -0.1) is 0 Å². The third-order valence-corrected chi connectivity index (χ3v) is 6.42. The number of nitrogens with one attached hydrogen (secondary N) is 2. The fourth-order valence-corrected chi connectivity index (χ4v) is 4.15. The molecule has 0 saturated heterocycles. The van der Waals surface area contributed by atoms with E-state index < -0.39 is 21.7 Å². The number of benzene rings is 3. The van der Waals surface area contributed by atoms with Gasteiger partial charge in [-0.2, -0.15) is 0 Å². The topological polar surface area (TPSA) is 75.3 Å². The van der Waals surface area contributed by atoms with Crippen LogP contribution >= 0.6 is 15.9 Å². The second kappa shape index (κ2) is 8.75. The van der Waals surface area contributed by atoms with Crippen molar-refractivity contribution in [2.24, 2.45) is 0 Å². The molecule has 0 aliphatic carbocycles. The summed E-state index contributed by atoms with van der Waals surface area (Å²) in [7, 11) is -3.77. The molecule has 0 aliphatic heterocycles. The first-order valence-corrected chi connectivity index (χ1v) is 10.9. The van der Waals surface area contributed by atoms with Crippen molar-refractivity contribution in [2.75, 3.05) is 4.72 Å². The van der Waals surface area contributed by atoms with Gasteiger partial charge in [0.05, 0.1) is 10.6 Å². The molecule has 3 rings (SSSR count). The van der Waals surface area contributed by atoms with Crippen molar-refractivity contribution in [3.05, 3.63) is 93.7 Å². The SMILES string of the molecule is Cc1ccccc1NS(=O)(=O)c1ccc(C(=O)NCc2cc(F)ccc2Br)cc1. The van der Waals surface area contributed by atoms with Crippen LogP contribution in [0.3, 0.4) is 0 Å². The highest BCUT2D eigenvalue weighted by molar-refractivity contribution is 9.10. The van der Waals surface area contributed by atoms with Crippen LogP contribution in [0.1, 0.15) is 21.5 Å². The Morgan fingerprint density at radius 1 is 1.03 bits per heavy atom. The first kappa shape index (κ1) is 21.0. The minimum absolute atomic E-state index is 0.0465. The molecule has 1 amide bonds. The highest BCUT2D eigenvalue weighted by Gasteiger charge is 2.16. The predicted molar refractivity (Wildman–Crippen MR) is 114 cm³/mol. The molecule has 0 aromatic heterocycles. The molecule has 0 heterocycles. The van der Waals surface area contributed by atoms with Crippen LogP contribution in [0.5, 0.6) is 0 Å². The molecule has 5 nitrogen and oxygen atoms in total. The quantitative estimate of drug-likeness (QED) is 0.544. The highest BCUT2D eigenvalue weighted by Crippen LogP contribution is 2.20. The van der Waals surface area contributed by atoms with Crippen molar-refractivity contribution in [1.29, 1.82) is 0 Å². The maximum absolute atomic E-state index is 13.3. The van der Waals surface area contributed by atoms with Gasteiger partial charge in [0, 0.05) is 16.6 Å². The molecule has 2 N–H and O–H groups in total. The van der Waals surface area contributed by atoms with E-state index in [1.807, 2.05) is 19.1 Å². The number of hydrogen-bond donors (Lipinski definition) is 2. The lowest BCUT2D eigenvalue weighted by Crippen LogP contribution is -2.23. The fraction of sp³-hybridized carbons (Fsp3) is 0.0952. The van der Waals surface area contributed by atoms with Gasteiger partial charge in [0.1, 0.15) is 5.82 Å². The molecule has 0 atom stereocenters. The molecule has 3 aromatic carbocycles. The summed E-state index contributed by atoms with van der Waals surface area (Å²) in [5, 5.41) is 2.69. The van der Waals surface area contributed by atoms with E-state index in [4.69, 9.17) is 0 Å². The van der Waals surface area contributed by atoms with Gasteiger partial charge in [-0.05, 0) is 66.6 Å².